The Labute approximate surface area is 156 Å². The second-order valence-electron chi connectivity index (χ2n) is 6.15. The Kier molecular flexibility index (Phi) is 9.44. The molecule has 0 saturated heterocycles. The maximum Gasteiger partial charge on any atom is 0.244 e. The summed E-state index contributed by atoms with van der Waals surface area (Å²) in [4.78, 5) is 26.4. The van der Waals surface area contributed by atoms with Crippen LogP contribution in [0.1, 0.15) is 33.3 Å². The minimum absolute atomic E-state index is 0.185. The van der Waals surface area contributed by atoms with Crippen molar-refractivity contribution in [2.75, 3.05) is 26.7 Å². The predicted octanol–water partition coefficient (Wildman–Crippen LogP) is 2.06. The maximum atomic E-state index is 12.1. The van der Waals surface area contributed by atoms with E-state index >= 15 is 0 Å². The lowest BCUT2D eigenvalue weighted by Crippen LogP contribution is -2.48. The first-order valence-corrected chi connectivity index (χ1v) is 9.05. The fraction of sp³-hybridized carbons (Fsp3) is 0.500. The Morgan fingerprint density at radius 1 is 1.15 bits per heavy atom. The Morgan fingerprint density at radius 2 is 1.77 bits per heavy atom. The van der Waals surface area contributed by atoms with E-state index in [1.807, 2.05) is 24.3 Å². The van der Waals surface area contributed by atoms with Gasteiger partial charge in [-0.2, -0.15) is 0 Å². The van der Waals surface area contributed by atoms with Gasteiger partial charge >= 0.3 is 0 Å². The standard InChI is InChI=1S/C20H31N3O3/c1-6-23(7-2)15(3)14-21-20(25)16(4)22-19(24)13-10-17-8-11-18(26-5)12-9-17/h8-13,15-16H,6-7,14H2,1-5H3,(H,21,25)(H,22,24)/b13-10+. The number of rotatable bonds is 10. The van der Waals surface area contributed by atoms with Crippen LogP contribution in [0.25, 0.3) is 6.08 Å². The van der Waals surface area contributed by atoms with Gasteiger partial charge in [-0.3, -0.25) is 14.5 Å². The van der Waals surface area contributed by atoms with Crippen molar-refractivity contribution in [1.29, 1.82) is 0 Å². The zero-order valence-corrected chi connectivity index (χ0v) is 16.4. The molecule has 26 heavy (non-hydrogen) atoms. The molecule has 6 nitrogen and oxygen atoms in total. The van der Waals surface area contributed by atoms with Gasteiger partial charge in [0.25, 0.3) is 0 Å². The second-order valence-corrected chi connectivity index (χ2v) is 6.15. The Morgan fingerprint density at radius 3 is 2.31 bits per heavy atom. The highest BCUT2D eigenvalue weighted by Gasteiger charge is 2.16. The predicted molar refractivity (Wildman–Crippen MR) is 105 cm³/mol. The van der Waals surface area contributed by atoms with Gasteiger partial charge in [0.05, 0.1) is 7.11 Å². The molecular weight excluding hydrogens is 330 g/mol. The van der Waals surface area contributed by atoms with Crippen LogP contribution in [-0.4, -0.2) is 55.5 Å². The van der Waals surface area contributed by atoms with Crippen LogP contribution in [0.5, 0.6) is 5.75 Å². The van der Waals surface area contributed by atoms with Crippen molar-refractivity contribution in [1.82, 2.24) is 15.5 Å². The number of methoxy groups -OCH3 is 1. The van der Waals surface area contributed by atoms with Crippen molar-refractivity contribution in [3.8, 4) is 5.75 Å². The number of nitrogens with one attached hydrogen (secondary N) is 2. The van der Waals surface area contributed by atoms with Crippen molar-refractivity contribution in [2.24, 2.45) is 0 Å². The molecule has 0 bridgehead atoms. The summed E-state index contributed by atoms with van der Waals surface area (Å²) in [6.07, 6.45) is 3.12. The number of ether oxygens (including phenoxy) is 1. The van der Waals surface area contributed by atoms with Crippen LogP contribution in [0.3, 0.4) is 0 Å². The van der Waals surface area contributed by atoms with Gasteiger partial charge in [-0.05, 0) is 50.7 Å². The normalized spacial score (nSPS) is 13.5. The summed E-state index contributed by atoms with van der Waals surface area (Å²) in [5, 5.41) is 5.57. The summed E-state index contributed by atoms with van der Waals surface area (Å²) in [5.41, 5.74) is 0.881. The number of nitrogens with zero attached hydrogens (tertiary/aromatic N) is 1. The van der Waals surface area contributed by atoms with Crippen LogP contribution >= 0.6 is 0 Å². The molecule has 0 aromatic heterocycles. The minimum Gasteiger partial charge on any atom is -0.497 e. The molecule has 6 heteroatoms. The number of hydrogen-bond donors (Lipinski definition) is 2. The van der Waals surface area contributed by atoms with Crippen molar-refractivity contribution in [2.45, 2.75) is 39.8 Å². The summed E-state index contributed by atoms with van der Waals surface area (Å²) in [7, 11) is 1.60. The van der Waals surface area contributed by atoms with E-state index in [1.54, 1.807) is 20.1 Å². The largest absolute Gasteiger partial charge is 0.497 e. The Bertz CT molecular complexity index is 595. The molecule has 0 fully saturated rings. The lowest BCUT2D eigenvalue weighted by molar-refractivity contribution is -0.126. The number of amides is 2. The first-order valence-electron chi connectivity index (χ1n) is 9.05. The molecular formula is C20H31N3O3. The quantitative estimate of drug-likeness (QED) is 0.626. The smallest absolute Gasteiger partial charge is 0.244 e. The first-order chi connectivity index (χ1) is 12.4. The van der Waals surface area contributed by atoms with E-state index in [0.29, 0.717) is 6.54 Å². The zero-order chi connectivity index (χ0) is 19.5. The number of carbonyl (C=O) groups excluding carboxylic acids is 2. The van der Waals surface area contributed by atoms with Crippen molar-refractivity contribution >= 4 is 17.9 Å². The third-order valence-corrected chi connectivity index (χ3v) is 4.30. The highest BCUT2D eigenvalue weighted by Crippen LogP contribution is 2.12. The molecule has 0 aliphatic rings. The van der Waals surface area contributed by atoms with Gasteiger partial charge < -0.3 is 15.4 Å². The van der Waals surface area contributed by atoms with E-state index in [4.69, 9.17) is 4.74 Å². The molecule has 1 aromatic carbocycles. The van der Waals surface area contributed by atoms with E-state index in [9.17, 15) is 9.59 Å². The van der Waals surface area contributed by atoms with Crippen LogP contribution in [-0.2, 0) is 9.59 Å². The van der Waals surface area contributed by atoms with Gasteiger partial charge in [0.2, 0.25) is 11.8 Å². The molecule has 1 rings (SSSR count). The molecule has 1 aromatic rings. The topological polar surface area (TPSA) is 70.7 Å². The van der Waals surface area contributed by atoms with Crippen LogP contribution in [0.15, 0.2) is 30.3 Å². The molecule has 2 amide bonds. The molecule has 0 saturated carbocycles. The molecule has 2 N–H and O–H groups in total. The lowest BCUT2D eigenvalue weighted by atomic mass is 10.2. The maximum absolute atomic E-state index is 12.1. The Hall–Kier alpha value is -2.34. The van der Waals surface area contributed by atoms with E-state index < -0.39 is 6.04 Å². The summed E-state index contributed by atoms with van der Waals surface area (Å²) in [5.74, 6) is 0.270. The monoisotopic (exact) mass is 361 g/mol. The fourth-order valence-corrected chi connectivity index (χ4v) is 2.59. The number of carbonyl (C=O) groups is 2. The molecule has 0 aliphatic heterocycles. The first kappa shape index (κ1) is 21.7. The van der Waals surface area contributed by atoms with Gasteiger partial charge in [0.1, 0.15) is 11.8 Å². The average molecular weight is 361 g/mol. The van der Waals surface area contributed by atoms with Gasteiger partial charge in [-0.15, -0.1) is 0 Å². The average Bonchev–Trinajstić information content (AvgIpc) is 2.65. The van der Waals surface area contributed by atoms with Gasteiger partial charge in [0, 0.05) is 18.7 Å². The molecule has 144 valence electrons. The van der Waals surface area contributed by atoms with Crippen LogP contribution in [0, 0.1) is 0 Å². The zero-order valence-electron chi connectivity index (χ0n) is 16.4. The molecule has 0 radical (unpaired) electrons. The highest BCUT2D eigenvalue weighted by atomic mass is 16.5. The van der Waals surface area contributed by atoms with E-state index in [-0.39, 0.29) is 17.9 Å². The lowest BCUT2D eigenvalue weighted by Gasteiger charge is -2.27. The molecule has 0 aliphatic carbocycles. The van der Waals surface area contributed by atoms with Gasteiger partial charge in [0.15, 0.2) is 0 Å². The second kappa shape index (κ2) is 11.3. The van der Waals surface area contributed by atoms with E-state index in [2.05, 4.69) is 36.3 Å². The number of likely N-dealkylation sites (N-methyl/N-ethyl adjacent to an activating group) is 1. The van der Waals surface area contributed by atoms with Crippen molar-refractivity contribution in [3.05, 3.63) is 35.9 Å². The number of benzene rings is 1. The molecule has 2 unspecified atom stereocenters. The summed E-state index contributed by atoms with van der Waals surface area (Å²) >= 11 is 0. The van der Waals surface area contributed by atoms with Gasteiger partial charge in [-0.1, -0.05) is 26.0 Å². The highest BCUT2D eigenvalue weighted by molar-refractivity contribution is 5.95. The minimum atomic E-state index is -0.591. The van der Waals surface area contributed by atoms with E-state index in [1.165, 1.54) is 6.08 Å². The molecule has 0 spiro atoms. The third kappa shape index (κ3) is 7.27. The van der Waals surface area contributed by atoms with Crippen LogP contribution in [0.2, 0.25) is 0 Å². The number of hydrogen-bond acceptors (Lipinski definition) is 4. The Balaban J connectivity index is 2.44. The van der Waals surface area contributed by atoms with Crippen molar-refractivity contribution in [3.63, 3.8) is 0 Å². The van der Waals surface area contributed by atoms with Gasteiger partial charge in [-0.25, -0.2) is 0 Å². The summed E-state index contributed by atoms with van der Waals surface area (Å²) in [6.45, 7) is 10.4. The fourth-order valence-electron chi connectivity index (χ4n) is 2.59. The SMILES string of the molecule is CCN(CC)C(C)CNC(=O)C(C)NC(=O)/C=C/c1ccc(OC)cc1. The van der Waals surface area contributed by atoms with Crippen molar-refractivity contribution < 1.29 is 14.3 Å². The van der Waals surface area contributed by atoms with Crippen LogP contribution in [0.4, 0.5) is 0 Å². The summed E-state index contributed by atoms with van der Waals surface area (Å²) in [6, 6.07) is 7.02. The van der Waals surface area contributed by atoms with E-state index in [0.717, 1.165) is 24.4 Å². The molecule has 2 atom stereocenters. The molecule has 0 heterocycles. The third-order valence-electron chi connectivity index (χ3n) is 4.30. The van der Waals surface area contributed by atoms with Crippen LogP contribution < -0.4 is 15.4 Å². The summed E-state index contributed by atoms with van der Waals surface area (Å²) < 4.78 is 5.09.